The summed E-state index contributed by atoms with van der Waals surface area (Å²) in [7, 11) is 3.13. The van der Waals surface area contributed by atoms with Gasteiger partial charge in [0.25, 0.3) is 17.1 Å². The Hall–Kier alpha value is -3.51. The lowest BCUT2D eigenvalue weighted by Crippen LogP contribution is -2.47. The van der Waals surface area contributed by atoms with Crippen LogP contribution in [0.5, 0.6) is 5.75 Å². The van der Waals surface area contributed by atoms with Crippen molar-refractivity contribution >= 4 is 45.3 Å². The van der Waals surface area contributed by atoms with Crippen molar-refractivity contribution in [3.05, 3.63) is 42.5 Å². The molecule has 1 aromatic carbocycles. The Morgan fingerprint density at radius 2 is 1.97 bits per heavy atom. The Morgan fingerprint density at radius 3 is 2.77 bits per heavy atom. The Labute approximate surface area is 206 Å². The number of nitrogens with zero attached hydrogens (tertiary/aromatic N) is 6. The molecule has 0 radical (unpaired) electrons. The maximum Gasteiger partial charge on any atom is 0.271 e. The van der Waals surface area contributed by atoms with Crippen molar-refractivity contribution in [1.29, 1.82) is 0 Å². The maximum absolute atomic E-state index is 11.5. The molecule has 0 amide bonds. The number of aryl methyl sites for hydroxylation is 1. The quantitative estimate of drug-likeness (QED) is 0.511. The van der Waals surface area contributed by atoms with Gasteiger partial charge in [-0.15, -0.1) is 8.80 Å². The highest BCUT2D eigenvalue weighted by Gasteiger charge is 2.21. The molecule has 1 fully saturated rings. The van der Waals surface area contributed by atoms with E-state index in [2.05, 4.69) is 44.9 Å². The molecular weight excluding hydrogens is 468 g/mol. The van der Waals surface area contributed by atoms with Gasteiger partial charge in [-0.3, -0.25) is 4.90 Å². The normalized spacial score (nSPS) is 18.5. The minimum atomic E-state index is -1.63. The molecule has 0 saturated carbocycles. The molecule has 2 N–H and O–H groups in total. The molecule has 2 aliphatic heterocycles. The lowest BCUT2D eigenvalue weighted by atomic mass is 10.2. The summed E-state index contributed by atoms with van der Waals surface area (Å²) < 4.78 is 29.9. The summed E-state index contributed by atoms with van der Waals surface area (Å²) in [4.78, 5) is 16.7. The minimum Gasteiger partial charge on any atom is -0.491 e. The van der Waals surface area contributed by atoms with Gasteiger partial charge in [0.15, 0.2) is 11.6 Å². The third-order valence-electron chi connectivity index (χ3n) is 6.14. The number of aromatic amines is 1. The number of fused-ring (bicyclic) bond motifs is 1. The van der Waals surface area contributed by atoms with Crippen molar-refractivity contribution < 1.29 is 13.7 Å². The highest BCUT2D eigenvalue weighted by molar-refractivity contribution is 7.83. The molecule has 0 spiro atoms. The number of H-pyrrole nitrogens is 1. The Balaban J connectivity index is 1.12. The number of benzene rings is 1. The molecule has 4 heterocycles. The minimum absolute atomic E-state index is 0.246. The molecule has 1 atom stereocenters. The fourth-order valence-electron chi connectivity index (χ4n) is 4.37. The number of amidine groups is 1. The molecule has 1 saturated heterocycles. The lowest BCUT2D eigenvalue weighted by molar-refractivity contribution is 0.253. The van der Waals surface area contributed by atoms with Crippen molar-refractivity contribution in [1.82, 2.24) is 19.9 Å². The zero-order valence-corrected chi connectivity index (χ0v) is 20.5. The standard InChI is InChI=1S/C23H28N8O3S/c1-33-20-14-24-15-25-22(20)31-10-8-30(9-11-31)7-3-4-17-12-16-13-18(5-6-19(16)26-17)27-21-23(34-2)29-35(32)28-21/h5-6,12-15,26H,3-4,7-11H2,1-2H3,(H,27,28). The summed E-state index contributed by atoms with van der Waals surface area (Å²) in [6, 6.07) is 8.19. The molecular formula is C23H28N8O3S. The molecule has 2 aromatic heterocycles. The van der Waals surface area contributed by atoms with E-state index in [1.807, 2.05) is 18.2 Å². The van der Waals surface area contributed by atoms with Crippen molar-refractivity contribution in [2.75, 3.05) is 57.2 Å². The molecule has 2 aliphatic rings. The van der Waals surface area contributed by atoms with E-state index in [0.29, 0.717) is 5.84 Å². The number of anilines is 2. The topological polar surface area (TPSA) is 120 Å². The molecule has 184 valence electrons. The predicted molar refractivity (Wildman–Crippen MR) is 138 cm³/mol. The number of nitrogens with one attached hydrogen (secondary N) is 2. The van der Waals surface area contributed by atoms with Gasteiger partial charge in [-0.25, -0.2) is 14.2 Å². The van der Waals surface area contributed by atoms with Crippen molar-refractivity contribution in [3.8, 4) is 5.75 Å². The van der Waals surface area contributed by atoms with Gasteiger partial charge >= 0.3 is 0 Å². The number of hydrogen-bond acceptors (Lipinski definition) is 8. The van der Waals surface area contributed by atoms with Crippen LogP contribution >= 0.6 is 0 Å². The number of rotatable bonds is 7. The third kappa shape index (κ3) is 5.28. The summed E-state index contributed by atoms with van der Waals surface area (Å²) in [5.41, 5.74) is 3.12. The lowest BCUT2D eigenvalue weighted by Gasteiger charge is -2.35. The summed E-state index contributed by atoms with van der Waals surface area (Å²) in [6.45, 7) is 4.88. The Bertz CT molecular complexity index is 1280. The van der Waals surface area contributed by atoms with Crippen LogP contribution < -0.4 is 15.0 Å². The van der Waals surface area contributed by atoms with Gasteiger partial charge in [0, 0.05) is 48.5 Å². The second kappa shape index (κ2) is 10.4. The van der Waals surface area contributed by atoms with Crippen LogP contribution in [-0.2, 0) is 22.3 Å². The monoisotopic (exact) mass is 496 g/mol. The number of hydrogen-bond donors (Lipinski definition) is 2. The van der Waals surface area contributed by atoms with E-state index in [0.717, 1.165) is 73.7 Å². The van der Waals surface area contributed by atoms with E-state index in [9.17, 15) is 4.21 Å². The van der Waals surface area contributed by atoms with E-state index >= 15 is 0 Å². The molecule has 35 heavy (non-hydrogen) atoms. The van der Waals surface area contributed by atoms with Gasteiger partial charge in [-0.2, -0.15) is 0 Å². The first-order valence-electron chi connectivity index (χ1n) is 11.5. The van der Waals surface area contributed by atoms with Crippen molar-refractivity contribution in [2.24, 2.45) is 8.80 Å². The van der Waals surface area contributed by atoms with Crippen molar-refractivity contribution in [3.63, 3.8) is 0 Å². The van der Waals surface area contributed by atoms with Crippen LogP contribution in [-0.4, -0.2) is 82.7 Å². The molecule has 1 unspecified atom stereocenters. The summed E-state index contributed by atoms with van der Waals surface area (Å²) >= 11 is -1.63. The smallest absolute Gasteiger partial charge is 0.271 e. The summed E-state index contributed by atoms with van der Waals surface area (Å²) in [6.07, 6.45) is 5.33. The molecule has 0 bridgehead atoms. The number of ether oxygens (including phenoxy) is 2. The van der Waals surface area contributed by atoms with E-state index < -0.39 is 11.2 Å². The van der Waals surface area contributed by atoms with E-state index in [4.69, 9.17) is 9.47 Å². The molecule has 12 heteroatoms. The molecule has 3 aromatic rings. The predicted octanol–water partition coefficient (Wildman–Crippen LogP) is 2.17. The second-order valence-electron chi connectivity index (χ2n) is 8.34. The van der Waals surface area contributed by atoms with Crippen LogP contribution in [0.25, 0.3) is 10.9 Å². The Morgan fingerprint density at radius 1 is 1.11 bits per heavy atom. The zero-order chi connectivity index (χ0) is 24.2. The van der Waals surface area contributed by atoms with Gasteiger partial charge in [-0.05, 0) is 43.7 Å². The first-order chi connectivity index (χ1) is 17.1. The largest absolute Gasteiger partial charge is 0.491 e. The maximum atomic E-state index is 11.5. The third-order valence-corrected chi connectivity index (χ3v) is 6.80. The highest BCUT2D eigenvalue weighted by atomic mass is 32.2. The van der Waals surface area contributed by atoms with Gasteiger partial charge < -0.3 is 24.7 Å². The number of aromatic nitrogens is 3. The van der Waals surface area contributed by atoms with Crippen LogP contribution in [0.4, 0.5) is 11.5 Å². The van der Waals surface area contributed by atoms with Crippen LogP contribution in [0.1, 0.15) is 12.1 Å². The average Bonchev–Trinajstić information content (AvgIpc) is 3.46. The highest BCUT2D eigenvalue weighted by Crippen LogP contribution is 2.25. The van der Waals surface area contributed by atoms with Crippen LogP contribution in [0, 0.1) is 0 Å². The summed E-state index contributed by atoms with van der Waals surface area (Å²) in [5.74, 6) is 2.21. The Kier molecular flexibility index (Phi) is 6.91. The van der Waals surface area contributed by atoms with Crippen molar-refractivity contribution in [2.45, 2.75) is 12.8 Å². The van der Waals surface area contributed by atoms with E-state index in [1.165, 1.54) is 12.8 Å². The zero-order valence-electron chi connectivity index (χ0n) is 19.7. The van der Waals surface area contributed by atoms with Crippen LogP contribution in [0.15, 0.2) is 45.6 Å². The first kappa shape index (κ1) is 23.2. The first-order valence-corrected chi connectivity index (χ1v) is 12.5. The van der Waals surface area contributed by atoms with Crippen LogP contribution in [0.3, 0.4) is 0 Å². The number of piperazine rings is 1. The molecule has 11 nitrogen and oxygen atoms in total. The van der Waals surface area contributed by atoms with Gasteiger partial charge in [0.2, 0.25) is 5.84 Å². The van der Waals surface area contributed by atoms with E-state index in [1.54, 1.807) is 19.6 Å². The second-order valence-corrected chi connectivity index (χ2v) is 9.17. The van der Waals surface area contributed by atoms with Gasteiger partial charge in [-0.1, -0.05) is 0 Å². The molecule has 5 rings (SSSR count). The molecule has 0 aliphatic carbocycles. The SMILES string of the molecule is COC1=NS(=O)N=C1Nc1ccc2[nH]c(CCCN3CCN(c4ncncc4OC)CC3)cc2c1. The fourth-order valence-corrected chi connectivity index (χ4v) is 5.00. The van der Waals surface area contributed by atoms with Gasteiger partial charge in [0.1, 0.15) is 6.33 Å². The van der Waals surface area contributed by atoms with Crippen LogP contribution in [0.2, 0.25) is 0 Å². The number of methoxy groups -OCH3 is 2. The van der Waals surface area contributed by atoms with E-state index in [-0.39, 0.29) is 5.90 Å². The average molecular weight is 497 g/mol. The summed E-state index contributed by atoms with van der Waals surface area (Å²) in [5, 5.41) is 4.25. The van der Waals surface area contributed by atoms with Gasteiger partial charge in [0.05, 0.1) is 20.4 Å². The fraction of sp³-hybridized carbons (Fsp3) is 0.391.